The molecule has 0 radical (unpaired) electrons. The van der Waals surface area contributed by atoms with Gasteiger partial charge in [0.1, 0.15) is 0 Å². The summed E-state index contributed by atoms with van der Waals surface area (Å²) in [6.45, 7) is 0.0456. The molecule has 1 aromatic carbocycles. The Hall–Kier alpha value is -3.34. The molecule has 32 heavy (non-hydrogen) atoms. The molecule has 2 aromatic rings. The van der Waals surface area contributed by atoms with Gasteiger partial charge in [0.05, 0.1) is 16.7 Å². The zero-order valence-electron chi connectivity index (χ0n) is 17.2. The maximum absolute atomic E-state index is 12.5. The normalized spacial score (nSPS) is 20.7. The van der Waals surface area contributed by atoms with Crippen molar-refractivity contribution in [3.63, 3.8) is 0 Å². The summed E-state index contributed by atoms with van der Waals surface area (Å²) in [5, 5.41) is 2.66. The third-order valence-corrected chi connectivity index (χ3v) is 7.08. The van der Waals surface area contributed by atoms with Gasteiger partial charge in [-0.05, 0) is 43.2 Å². The highest BCUT2D eigenvalue weighted by Gasteiger charge is 2.47. The number of hydrogen-bond donors (Lipinski definition) is 2. The van der Waals surface area contributed by atoms with Gasteiger partial charge in [-0.15, -0.1) is 0 Å². The molecule has 3 amide bonds. The maximum atomic E-state index is 12.5. The molecule has 0 unspecified atom stereocenters. The number of nitrogens with one attached hydrogen (secondary N) is 2. The van der Waals surface area contributed by atoms with Crippen molar-refractivity contribution < 1.29 is 22.8 Å². The number of nitrogens with zero attached hydrogens (tertiary/aromatic N) is 3. The Kier molecular flexibility index (Phi) is 6.17. The van der Waals surface area contributed by atoms with Gasteiger partial charge in [-0.2, -0.15) is 0 Å². The SMILES string of the molecule is O=C(CCN1C(=O)[C@@H]2CCCC[C@H]2C1=O)Nc1ccc(S(=O)(=O)Nc2ncccn2)cc1. The monoisotopic (exact) mass is 457 g/mol. The Labute approximate surface area is 185 Å². The number of amides is 3. The molecule has 0 spiro atoms. The summed E-state index contributed by atoms with van der Waals surface area (Å²) < 4.78 is 27.1. The number of likely N-dealkylation sites (tertiary alicyclic amines) is 1. The molecule has 2 atom stereocenters. The standard InChI is InChI=1S/C21H23N5O5S/c27-18(10-13-26-19(28)16-4-1-2-5-17(16)20(26)29)24-14-6-8-15(9-7-14)32(30,31)25-21-22-11-3-12-23-21/h3,6-9,11-12,16-17H,1-2,4-5,10,13H2,(H,24,27)(H,22,23,25)/t16-,17-/m1/s1. The number of aromatic nitrogens is 2. The molecule has 11 heteroatoms. The molecule has 1 aromatic heterocycles. The zero-order chi connectivity index (χ0) is 22.7. The predicted molar refractivity (Wildman–Crippen MR) is 115 cm³/mol. The van der Waals surface area contributed by atoms with Crippen molar-refractivity contribution in [2.45, 2.75) is 37.0 Å². The first-order valence-corrected chi connectivity index (χ1v) is 11.9. The summed E-state index contributed by atoms with van der Waals surface area (Å²) in [5.74, 6) is -1.22. The van der Waals surface area contributed by atoms with Crippen molar-refractivity contribution in [2.75, 3.05) is 16.6 Å². The molecule has 2 N–H and O–H groups in total. The van der Waals surface area contributed by atoms with E-state index < -0.39 is 10.0 Å². The second-order valence-corrected chi connectivity index (χ2v) is 9.51. The van der Waals surface area contributed by atoms with Crippen LogP contribution in [0, 0.1) is 11.8 Å². The molecule has 0 bridgehead atoms. The van der Waals surface area contributed by atoms with E-state index in [1.165, 1.54) is 41.6 Å². The number of rotatable bonds is 7. The molecule has 4 rings (SSSR count). The predicted octanol–water partition coefficient (Wildman–Crippen LogP) is 1.78. The molecular weight excluding hydrogens is 434 g/mol. The van der Waals surface area contributed by atoms with Crippen molar-refractivity contribution in [3.05, 3.63) is 42.7 Å². The van der Waals surface area contributed by atoms with Crippen LogP contribution in [0.15, 0.2) is 47.6 Å². The number of sulfonamides is 1. The van der Waals surface area contributed by atoms with E-state index in [1.807, 2.05) is 0 Å². The topological polar surface area (TPSA) is 138 Å². The van der Waals surface area contributed by atoms with E-state index in [1.54, 1.807) is 6.07 Å². The maximum Gasteiger partial charge on any atom is 0.264 e. The van der Waals surface area contributed by atoms with Crippen molar-refractivity contribution in [3.8, 4) is 0 Å². The van der Waals surface area contributed by atoms with Crippen LogP contribution in [0.3, 0.4) is 0 Å². The molecular formula is C21H23N5O5S. The largest absolute Gasteiger partial charge is 0.326 e. The van der Waals surface area contributed by atoms with Crippen LogP contribution in [-0.2, 0) is 24.4 Å². The molecule has 2 heterocycles. The summed E-state index contributed by atoms with van der Waals surface area (Å²) in [5.41, 5.74) is 0.401. The lowest BCUT2D eigenvalue weighted by Gasteiger charge is -2.19. The van der Waals surface area contributed by atoms with E-state index in [4.69, 9.17) is 0 Å². The van der Waals surface area contributed by atoms with Gasteiger partial charge in [-0.25, -0.2) is 23.1 Å². The van der Waals surface area contributed by atoms with Crippen LogP contribution in [0.1, 0.15) is 32.1 Å². The molecule has 10 nitrogen and oxygen atoms in total. The molecule has 1 aliphatic carbocycles. The van der Waals surface area contributed by atoms with Crippen molar-refractivity contribution in [2.24, 2.45) is 11.8 Å². The van der Waals surface area contributed by atoms with Gasteiger partial charge in [0.15, 0.2) is 0 Å². The van der Waals surface area contributed by atoms with Crippen LogP contribution in [-0.4, -0.2) is 47.6 Å². The Bertz CT molecular complexity index is 1100. The summed E-state index contributed by atoms with van der Waals surface area (Å²) in [6, 6.07) is 7.17. The summed E-state index contributed by atoms with van der Waals surface area (Å²) in [7, 11) is -3.87. The van der Waals surface area contributed by atoms with E-state index in [0.717, 1.165) is 25.7 Å². The number of imide groups is 1. The van der Waals surface area contributed by atoms with Gasteiger partial charge in [0.25, 0.3) is 10.0 Å². The Morgan fingerprint density at radius 2 is 1.59 bits per heavy atom. The molecule has 1 saturated carbocycles. The number of anilines is 2. The van der Waals surface area contributed by atoms with E-state index >= 15 is 0 Å². The zero-order valence-corrected chi connectivity index (χ0v) is 18.0. The molecule has 1 aliphatic heterocycles. The minimum absolute atomic E-state index is 0.0150. The summed E-state index contributed by atoms with van der Waals surface area (Å²) in [4.78, 5) is 46.1. The van der Waals surface area contributed by atoms with Gasteiger partial charge in [0.2, 0.25) is 23.7 Å². The summed E-state index contributed by atoms with van der Waals surface area (Å²) >= 11 is 0. The van der Waals surface area contributed by atoms with Crippen LogP contribution in [0.25, 0.3) is 0 Å². The highest BCUT2D eigenvalue weighted by atomic mass is 32.2. The van der Waals surface area contributed by atoms with Crippen LogP contribution in [0.5, 0.6) is 0 Å². The first kappa shape index (κ1) is 21.9. The van der Waals surface area contributed by atoms with Crippen molar-refractivity contribution >= 4 is 39.4 Å². The lowest BCUT2D eigenvalue weighted by Crippen LogP contribution is -2.34. The highest BCUT2D eigenvalue weighted by Crippen LogP contribution is 2.38. The lowest BCUT2D eigenvalue weighted by atomic mass is 9.81. The van der Waals surface area contributed by atoms with Crippen LogP contribution >= 0.6 is 0 Å². The van der Waals surface area contributed by atoms with Crippen molar-refractivity contribution in [1.29, 1.82) is 0 Å². The highest BCUT2D eigenvalue weighted by molar-refractivity contribution is 7.92. The third-order valence-electron chi connectivity index (χ3n) is 5.73. The second kappa shape index (κ2) is 9.03. The number of fused-ring (bicyclic) bond motifs is 1. The first-order chi connectivity index (χ1) is 15.3. The first-order valence-electron chi connectivity index (χ1n) is 10.4. The molecule has 168 valence electrons. The van der Waals surface area contributed by atoms with Gasteiger partial charge < -0.3 is 5.32 Å². The van der Waals surface area contributed by atoms with Gasteiger partial charge in [-0.1, -0.05) is 12.8 Å². The Morgan fingerprint density at radius 3 is 2.19 bits per heavy atom. The van der Waals surface area contributed by atoms with Gasteiger partial charge in [0, 0.05) is 31.0 Å². The van der Waals surface area contributed by atoms with Crippen molar-refractivity contribution in [1.82, 2.24) is 14.9 Å². The Balaban J connectivity index is 1.32. The van der Waals surface area contributed by atoms with Crippen LogP contribution in [0.4, 0.5) is 11.6 Å². The van der Waals surface area contributed by atoms with E-state index in [-0.39, 0.29) is 53.4 Å². The lowest BCUT2D eigenvalue weighted by molar-refractivity contribution is -0.140. The minimum atomic E-state index is -3.87. The van der Waals surface area contributed by atoms with E-state index in [0.29, 0.717) is 5.69 Å². The third kappa shape index (κ3) is 4.62. The van der Waals surface area contributed by atoms with Gasteiger partial charge >= 0.3 is 0 Å². The summed E-state index contributed by atoms with van der Waals surface area (Å²) in [6.07, 6.45) is 6.18. The number of carbonyl (C=O) groups is 3. The van der Waals surface area contributed by atoms with Crippen LogP contribution in [0.2, 0.25) is 0 Å². The number of hydrogen-bond acceptors (Lipinski definition) is 7. The number of benzene rings is 1. The fourth-order valence-electron chi connectivity index (χ4n) is 4.14. The smallest absolute Gasteiger partial charge is 0.264 e. The average Bonchev–Trinajstić information content (AvgIpc) is 3.03. The second-order valence-electron chi connectivity index (χ2n) is 7.83. The Morgan fingerprint density at radius 1 is 1.00 bits per heavy atom. The fraction of sp³-hybridized carbons (Fsp3) is 0.381. The van der Waals surface area contributed by atoms with E-state index in [9.17, 15) is 22.8 Å². The van der Waals surface area contributed by atoms with Crippen LogP contribution < -0.4 is 10.0 Å². The minimum Gasteiger partial charge on any atom is -0.326 e. The van der Waals surface area contributed by atoms with E-state index in [2.05, 4.69) is 20.0 Å². The number of carbonyl (C=O) groups excluding carboxylic acids is 3. The average molecular weight is 458 g/mol. The molecule has 1 saturated heterocycles. The molecule has 2 aliphatic rings. The molecule has 2 fully saturated rings. The quantitative estimate of drug-likeness (QED) is 0.604. The fourth-order valence-corrected chi connectivity index (χ4v) is 5.09. The van der Waals surface area contributed by atoms with Gasteiger partial charge in [-0.3, -0.25) is 19.3 Å².